The van der Waals surface area contributed by atoms with Crippen molar-refractivity contribution in [1.82, 2.24) is 9.80 Å². The average Bonchev–Trinajstić information content (AvgIpc) is 2.54. The number of carbonyl (C=O) groups is 1. The van der Waals surface area contributed by atoms with E-state index in [0.717, 1.165) is 13.1 Å². The Bertz CT molecular complexity index is 342. The summed E-state index contributed by atoms with van der Waals surface area (Å²) < 4.78 is 5.23. The lowest BCUT2D eigenvalue weighted by Crippen LogP contribution is -2.44. The van der Waals surface area contributed by atoms with Crippen LogP contribution in [0.2, 0.25) is 0 Å². The maximum absolute atomic E-state index is 11.6. The Hall–Kier alpha value is -0.330. The van der Waals surface area contributed by atoms with E-state index in [4.69, 9.17) is 27.9 Å². The van der Waals surface area contributed by atoms with E-state index < -0.39 is 12.1 Å². The molecule has 17 heavy (non-hydrogen) atoms. The van der Waals surface area contributed by atoms with Crippen LogP contribution in [0, 0.1) is 0 Å². The van der Waals surface area contributed by atoms with Gasteiger partial charge in [-0.05, 0) is 0 Å². The van der Waals surface area contributed by atoms with Crippen LogP contribution in [0.25, 0.3) is 0 Å². The minimum atomic E-state index is -1.10. The Morgan fingerprint density at radius 1 is 1.29 bits per heavy atom. The standard InChI is InChI=1S/C10H14Cl2N2O3/c11-7-8(12)10(16)14(9(7)15)2-1-13-3-5-17-6-4-13/h9,15H,1-6H2. The first-order valence-corrected chi connectivity index (χ1v) is 6.21. The van der Waals surface area contributed by atoms with E-state index in [1.165, 1.54) is 4.90 Å². The summed E-state index contributed by atoms with van der Waals surface area (Å²) in [5.41, 5.74) is 0. The van der Waals surface area contributed by atoms with Crippen LogP contribution in [0.4, 0.5) is 0 Å². The molecule has 0 spiro atoms. The molecule has 1 saturated heterocycles. The molecule has 0 aliphatic carbocycles. The minimum Gasteiger partial charge on any atom is -0.379 e. The lowest BCUT2D eigenvalue weighted by atomic mass is 10.4. The number of ether oxygens (including phenoxy) is 1. The fourth-order valence-corrected chi connectivity index (χ4v) is 2.29. The Morgan fingerprint density at radius 2 is 1.94 bits per heavy atom. The molecule has 2 heterocycles. The van der Waals surface area contributed by atoms with Crippen molar-refractivity contribution >= 4 is 29.1 Å². The molecular formula is C10H14Cl2N2O3. The molecule has 1 N–H and O–H groups in total. The highest BCUT2D eigenvalue weighted by Crippen LogP contribution is 2.29. The number of halogens is 2. The molecule has 7 heteroatoms. The van der Waals surface area contributed by atoms with Gasteiger partial charge in [0.2, 0.25) is 0 Å². The summed E-state index contributed by atoms with van der Waals surface area (Å²) in [6.45, 7) is 4.18. The molecule has 0 saturated carbocycles. The summed E-state index contributed by atoms with van der Waals surface area (Å²) >= 11 is 11.4. The Kier molecular flexibility index (Phi) is 4.27. The highest BCUT2D eigenvalue weighted by Gasteiger charge is 2.36. The van der Waals surface area contributed by atoms with Crippen molar-refractivity contribution < 1.29 is 14.6 Å². The minimum absolute atomic E-state index is 0.0126. The molecule has 1 amide bonds. The van der Waals surface area contributed by atoms with Crippen molar-refractivity contribution in [3.63, 3.8) is 0 Å². The summed E-state index contributed by atoms with van der Waals surface area (Å²) in [6.07, 6.45) is -1.10. The van der Waals surface area contributed by atoms with Gasteiger partial charge in [0, 0.05) is 26.2 Å². The number of carbonyl (C=O) groups excluding carboxylic acids is 1. The van der Waals surface area contributed by atoms with Crippen molar-refractivity contribution in [2.24, 2.45) is 0 Å². The Labute approximate surface area is 110 Å². The zero-order valence-corrected chi connectivity index (χ0v) is 10.7. The van der Waals surface area contributed by atoms with E-state index >= 15 is 0 Å². The van der Waals surface area contributed by atoms with E-state index in [1.807, 2.05) is 0 Å². The third-order valence-electron chi connectivity index (χ3n) is 2.94. The summed E-state index contributed by atoms with van der Waals surface area (Å²) in [7, 11) is 0. The highest BCUT2D eigenvalue weighted by molar-refractivity contribution is 6.49. The molecule has 0 aromatic heterocycles. The molecule has 0 aromatic carbocycles. The Balaban J connectivity index is 1.86. The monoisotopic (exact) mass is 280 g/mol. The highest BCUT2D eigenvalue weighted by atomic mass is 35.5. The van der Waals surface area contributed by atoms with Crippen LogP contribution in [-0.4, -0.2) is 66.4 Å². The van der Waals surface area contributed by atoms with Gasteiger partial charge >= 0.3 is 0 Å². The van der Waals surface area contributed by atoms with Gasteiger partial charge in [-0.25, -0.2) is 0 Å². The zero-order valence-electron chi connectivity index (χ0n) is 9.23. The molecule has 5 nitrogen and oxygen atoms in total. The van der Waals surface area contributed by atoms with Crippen LogP contribution < -0.4 is 0 Å². The van der Waals surface area contributed by atoms with Crippen molar-refractivity contribution in [2.75, 3.05) is 39.4 Å². The fraction of sp³-hybridized carbons (Fsp3) is 0.700. The fourth-order valence-electron chi connectivity index (χ4n) is 1.89. The predicted octanol–water partition coefficient (Wildman–Crippen LogP) is 0.168. The van der Waals surface area contributed by atoms with Crippen molar-refractivity contribution in [2.45, 2.75) is 6.23 Å². The molecule has 1 unspecified atom stereocenters. The molecule has 0 aromatic rings. The number of hydrogen-bond donors (Lipinski definition) is 1. The van der Waals surface area contributed by atoms with Gasteiger partial charge in [0.15, 0.2) is 6.23 Å². The topological polar surface area (TPSA) is 53.0 Å². The quantitative estimate of drug-likeness (QED) is 0.801. The second kappa shape index (κ2) is 5.54. The normalized spacial score (nSPS) is 27.1. The first kappa shape index (κ1) is 13.1. The van der Waals surface area contributed by atoms with Gasteiger partial charge < -0.3 is 14.7 Å². The lowest BCUT2D eigenvalue weighted by Gasteiger charge is -2.29. The molecule has 2 aliphatic heterocycles. The predicted molar refractivity (Wildman–Crippen MR) is 63.7 cm³/mol. The van der Waals surface area contributed by atoms with Crippen LogP contribution in [0.15, 0.2) is 10.1 Å². The molecular weight excluding hydrogens is 267 g/mol. The van der Waals surface area contributed by atoms with E-state index in [2.05, 4.69) is 4.90 Å². The Morgan fingerprint density at radius 3 is 2.47 bits per heavy atom. The number of hydrogen-bond acceptors (Lipinski definition) is 4. The second-order valence-electron chi connectivity index (χ2n) is 3.99. The van der Waals surface area contributed by atoms with Crippen LogP contribution in [0.5, 0.6) is 0 Å². The summed E-state index contributed by atoms with van der Waals surface area (Å²) in [6, 6.07) is 0. The first-order chi connectivity index (χ1) is 8.11. The molecule has 1 fully saturated rings. The van der Waals surface area contributed by atoms with Crippen molar-refractivity contribution in [3.05, 3.63) is 10.1 Å². The van der Waals surface area contributed by atoms with Crippen molar-refractivity contribution in [3.8, 4) is 0 Å². The molecule has 2 aliphatic rings. The first-order valence-electron chi connectivity index (χ1n) is 5.45. The number of morpholine rings is 1. The average molecular weight is 281 g/mol. The van der Waals surface area contributed by atoms with Crippen LogP contribution in [0.1, 0.15) is 0 Å². The van der Waals surface area contributed by atoms with Gasteiger partial charge in [0.1, 0.15) is 5.03 Å². The maximum atomic E-state index is 11.6. The van der Waals surface area contributed by atoms with Gasteiger partial charge in [0.05, 0.1) is 18.2 Å². The summed E-state index contributed by atoms with van der Waals surface area (Å²) in [5.74, 6) is -0.405. The molecule has 2 rings (SSSR count). The van der Waals surface area contributed by atoms with Gasteiger partial charge in [0.25, 0.3) is 5.91 Å². The SMILES string of the molecule is O=C1C(Cl)=C(Cl)C(O)N1CCN1CCOCC1. The number of rotatable bonds is 3. The number of aliphatic hydroxyl groups excluding tert-OH is 1. The number of aliphatic hydroxyl groups is 1. The van der Waals surface area contributed by atoms with E-state index in [-0.39, 0.29) is 10.1 Å². The third kappa shape index (κ3) is 2.74. The second-order valence-corrected chi connectivity index (χ2v) is 4.77. The number of nitrogens with zero attached hydrogens (tertiary/aromatic N) is 2. The van der Waals surface area contributed by atoms with Crippen LogP contribution >= 0.6 is 23.2 Å². The van der Waals surface area contributed by atoms with Gasteiger partial charge in [-0.1, -0.05) is 23.2 Å². The largest absolute Gasteiger partial charge is 0.379 e. The molecule has 0 bridgehead atoms. The lowest BCUT2D eigenvalue weighted by molar-refractivity contribution is -0.131. The molecule has 1 atom stereocenters. The van der Waals surface area contributed by atoms with Crippen molar-refractivity contribution in [1.29, 1.82) is 0 Å². The number of amides is 1. The summed E-state index contributed by atoms with van der Waals surface area (Å²) in [5, 5.41) is 9.65. The zero-order chi connectivity index (χ0) is 12.4. The smallest absolute Gasteiger partial charge is 0.269 e. The molecule has 96 valence electrons. The van der Waals surface area contributed by atoms with Crippen LogP contribution in [0.3, 0.4) is 0 Å². The van der Waals surface area contributed by atoms with E-state index in [9.17, 15) is 9.90 Å². The third-order valence-corrected chi connectivity index (χ3v) is 3.79. The van der Waals surface area contributed by atoms with E-state index in [0.29, 0.717) is 26.3 Å². The van der Waals surface area contributed by atoms with Gasteiger partial charge in [-0.2, -0.15) is 0 Å². The maximum Gasteiger partial charge on any atom is 0.269 e. The van der Waals surface area contributed by atoms with E-state index in [1.54, 1.807) is 0 Å². The summed E-state index contributed by atoms with van der Waals surface area (Å²) in [4.78, 5) is 15.1. The van der Waals surface area contributed by atoms with Gasteiger partial charge in [-0.15, -0.1) is 0 Å². The molecule has 0 radical (unpaired) electrons. The van der Waals surface area contributed by atoms with Gasteiger partial charge in [-0.3, -0.25) is 9.69 Å². The van der Waals surface area contributed by atoms with Crippen LogP contribution in [-0.2, 0) is 9.53 Å².